The topological polar surface area (TPSA) is 37.3 Å². The van der Waals surface area contributed by atoms with Crippen LogP contribution in [0.3, 0.4) is 0 Å². The smallest absolute Gasteiger partial charge is 0.174 e. The molecule has 0 saturated heterocycles. The quantitative estimate of drug-likeness (QED) is 0.519. The van der Waals surface area contributed by atoms with Crippen LogP contribution in [-0.2, 0) is 4.79 Å². The fourth-order valence-electron chi connectivity index (χ4n) is 6.62. The molecule has 3 fully saturated rings. The second kappa shape index (κ2) is 8.35. The lowest BCUT2D eigenvalue weighted by molar-refractivity contribution is -0.118. The molecule has 0 radical (unpaired) electrons. The van der Waals surface area contributed by atoms with Crippen molar-refractivity contribution in [1.82, 2.24) is 0 Å². The third-order valence-corrected chi connectivity index (χ3v) is 8.44. The van der Waals surface area contributed by atoms with Crippen molar-refractivity contribution in [2.75, 3.05) is 0 Å². The summed E-state index contributed by atoms with van der Waals surface area (Å²) in [6, 6.07) is 0. The molecular weight excluding hydrogens is 344 g/mol. The normalized spacial score (nSPS) is 43.9. The van der Waals surface area contributed by atoms with Crippen molar-refractivity contribution in [2.45, 2.75) is 99.0 Å². The molecule has 26 heavy (non-hydrogen) atoms. The summed E-state index contributed by atoms with van der Waals surface area (Å²) >= 11 is 6.41. The van der Waals surface area contributed by atoms with Crippen molar-refractivity contribution in [3.63, 3.8) is 0 Å². The van der Waals surface area contributed by atoms with Crippen molar-refractivity contribution in [3.05, 3.63) is 10.6 Å². The minimum absolute atomic E-state index is 0.111. The lowest BCUT2D eigenvalue weighted by Crippen LogP contribution is -2.51. The molecule has 0 aliphatic heterocycles. The van der Waals surface area contributed by atoms with Crippen molar-refractivity contribution in [1.29, 1.82) is 0 Å². The molecule has 4 aliphatic carbocycles. The van der Waals surface area contributed by atoms with Gasteiger partial charge < -0.3 is 5.11 Å². The van der Waals surface area contributed by atoms with Crippen molar-refractivity contribution in [3.8, 4) is 0 Å². The van der Waals surface area contributed by atoms with Gasteiger partial charge in [0.15, 0.2) is 5.78 Å². The number of Topliss-reactive ketones (excluding diaryl/α,β-unsaturated/α-hetero) is 1. The Balaban J connectivity index is 0.000000570. The average molecular weight is 383 g/mol. The molecule has 0 aromatic carbocycles. The van der Waals surface area contributed by atoms with E-state index in [9.17, 15) is 9.90 Å². The molecule has 4 aliphatic rings. The van der Waals surface area contributed by atoms with Crippen LogP contribution in [0.5, 0.6) is 0 Å². The maximum Gasteiger partial charge on any atom is 0.174 e. The van der Waals surface area contributed by atoms with Gasteiger partial charge in [0.1, 0.15) is 0 Å². The van der Waals surface area contributed by atoms with Gasteiger partial charge in [0.05, 0.1) is 11.1 Å². The number of hydrogen-bond acceptors (Lipinski definition) is 2. The first kappa shape index (κ1) is 22.0. The molecule has 0 heterocycles. The third kappa shape index (κ3) is 3.20. The van der Waals surface area contributed by atoms with E-state index >= 15 is 0 Å². The molecule has 0 aromatic rings. The predicted octanol–water partition coefficient (Wildman–Crippen LogP) is 6.50. The average Bonchev–Trinajstić information content (AvgIpc) is 2.97. The Morgan fingerprint density at radius 3 is 2.23 bits per heavy atom. The maximum absolute atomic E-state index is 12.0. The molecule has 4 rings (SSSR count). The Labute approximate surface area is 165 Å². The summed E-state index contributed by atoms with van der Waals surface area (Å²) < 4.78 is 0. The Bertz CT molecular complexity index is 554. The van der Waals surface area contributed by atoms with Crippen LogP contribution < -0.4 is 0 Å². The number of halogens is 1. The minimum atomic E-state index is -0.111. The van der Waals surface area contributed by atoms with Gasteiger partial charge in [0.2, 0.25) is 0 Å². The summed E-state index contributed by atoms with van der Waals surface area (Å²) in [4.78, 5) is 12.0. The number of aliphatic hydroxyl groups is 1. The molecule has 0 bridgehead atoms. The molecule has 6 unspecified atom stereocenters. The Hall–Kier alpha value is -0.340. The molecule has 0 aromatic heterocycles. The first-order valence-electron chi connectivity index (χ1n) is 11.0. The van der Waals surface area contributed by atoms with E-state index in [-0.39, 0.29) is 22.7 Å². The summed E-state index contributed by atoms with van der Waals surface area (Å²) in [5.41, 5.74) is 1.52. The number of allylic oxidation sites excluding steroid dienone is 1. The molecule has 2 nitrogen and oxygen atoms in total. The fraction of sp³-hybridized carbons (Fsp3) is 0.870. The van der Waals surface area contributed by atoms with Crippen LogP contribution in [0.25, 0.3) is 0 Å². The number of fused-ring (bicyclic) bond motifs is 5. The molecule has 0 amide bonds. The number of carbonyl (C=O) groups is 1. The van der Waals surface area contributed by atoms with E-state index < -0.39 is 0 Å². The van der Waals surface area contributed by atoms with Gasteiger partial charge in [-0.15, -0.1) is 0 Å². The monoisotopic (exact) mass is 382 g/mol. The van der Waals surface area contributed by atoms with Gasteiger partial charge in [0.25, 0.3) is 0 Å². The fourth-order valence-corrected chi connectivity index (χ4v) is 7.03. The molecule has 6 atom stereocenters. The van der Waals surface area contributed by atoms with Gasteiger partial charge in [0, 0.05) is 6.42 Å². The zero-order chi connectivity index (χ0) is 19.7. The summed E-state index contributed by atoms with van der Waals surface area (Å²) in [5.74, 6) is 2.18. The number of carbonyl (C=O) groups excluding carboxylic acids is 1. The molecule has 0 spiro atoms. The third-order valence-electron chi connectivity index (χ3n) is 8.00. The molecular formula is C23H39ClO2. The van der Waals surface area contributed by atoms with E-state index in [0.717, 1.165) is 32.1 Å². The molecule has 3 heteroatoms. The Morgan fingerprint density at radius 1 is 0.923 bits per heavy atom. The number of rotatable bonds is 0. The molecule has 3 saturated carbocycles. The van der Waals surface area contributed by atoms with Gasteiger partial charge in [-0.25, -0.2) is 0 Å². The van der Waals surface area contributed by atoms with Crippen LogP contribution in [0.2, 0.25) is 0 Å². The molecule has 150 valence electrons. The lowest BCUT2D eigenvalue weighted by atomic mass is 9.47. The summed E-state index contributed by atoms with van der Waals surface area (Å²) in [6.07, 6.45) is 8.11. The van der Waals surface area contributed by atoms with Crippen molar-refractivity contribution < 1.29 is 9.90 Å². The zero-order valence-corrected chi connectivity index (χ0v) is 18.5. The lowest BCUT2D eigenvalue weighted by Gasteiger charge is -2.57. The van der Waals surface area contributed by atoms with Crippen LogP contribution >= 0.6 is 11.6 Å². The van der Waals surface area contributed by atoms with Crippen LogP contribution in [0.1, 0.15) is 92.9 Å². The van der Waals surface area contributed by atoms with Crippen LogP contribution in [0, 0.1) is 28.6 Å². The highest BCUT2D eigenvalue weighted by atomic mass is 35.5. The van der Waals surface area contributed by atoms with E-state index in [0.29, 0.717) is 29.2 Å². The highest BCUT2D eigenvalue weighted by Crippen LogP contribution is 2.65. The summed E-state index contributed by atoms with van der Waals surface area (Å²) in [6.45, 7) is 12.7. The number of aliphatic hydroxyl groups excluding tert-OH is 1. The van der Waals surface area contributed by atoms with Crippen LogP contribution in [0.4, 0.5) is 0 Å². The first-order chi connectivity index (χ1) is 12.4. The standard InChI is InChI=1S/C19H27ClO2.2C2H6/c1-18-10-8-15(21)17(20)14(18)4-3-11-12-5-6-16(22)19(12,2)9-7-13(11)18;2*1-2/h11-13,16,22H,3-10H2,1-2H3;2*1-2H3. The first-order valence-corrected chi connectivity index (χ1v) is 11.4. The Kier molecular flexibility index (Phi) is 7.05. The van der Waals surface area contributed by atoms with Crippen LogP contribution in [0.15, 0.2) is 10.6 Å². The van der Waals surface area contributed by atoms with Crippen LogP contribution in [-0.4, -0.2) is 17.0 Å². The van der Waals surface area contributed by atoms with Gasteiger partial charge >= 0.3 is 0 Å². The highest BCUT2D eigenvalue weighted by molar-refractivity contribution is 6.43. The maximum atomic E-state index is 12.0. The SMILES string of the molecule is CC.CC.CC12CCC(=O)C(Cl)=C1CCC1C2CCC2(C)C(O)CCC12. The van der Waals surface area contributed by atoms with Gasteiger partial charge in [-0.1, -0.05) is 53.1 Å². The van der Waals surface area contributed by atoms with Crippen molar-refractivity contribution >= 4 is 17.4 Å². The zero-order valence-electron chi connectivity index (χ0n) is 17.7. The largest absolute Gasteiger partial charge is 0.393 e. The predicted molar refractivity (Wildman–Crippen MR) is 110 cm³/mol. The van der Waals surface area contributed by atoms with E-state index in [1.54, 1.807) is 0 Å². The van der Waals surface area contributed by atoms with Gasteiger partial charge in [-0.05, 0) is 79.1 Å². The highest BCUT2D eigenvalue weighted by Gasteiger charge is 2.59. The second-order valence-corrected chi connectivity index (χ2v) is 9.06. The second-order valence-electron chi connectivity index (χ2n) is 8.69. The summed E-state index contributed by atoms with van der Waals surface area (Å²) in [7, 11) is 0. The Morgan fingerprint density at radius 2 is 1.58 bits per heavy atom. The van der Waals surface area contributed by atoms with Crippen molar-refractivity contribution in [2.24, 2.45) is 28.6 Å². The molecule has 1 N–H and O–H groups in total. The van der Waals surface area contributed by atoms with E-state index in [2.05, 4.69) is 13.8 Å². The minimum Gasteiger partial charge on any atom is -0.393 e. The summed E-state index contributed by atoms with van der Waals surface area (Å²) in [5, 5.41) is 11.0. The van der Waals surface area contributed by atoms with E-state index in [1.165, 1.54) is 18.4 Å². The van der Waals surface area contributed by atoms with E-state index in [4.69, 9.17) is 11.6 Å². The number of ketones is 1. The van der Waals surface area contributed by atoms with E-state index in [1.807, 2.05) is 27.7 Å². The van der Waals surface area contributed by atoms with Gasteiger partial charge in [-0.2, -0.15) is 0 Å². The van der Waals surface area contributed by atoms with Gasteiger partial charge in [-0.3, -0.25) is 4.79 Å². The number of hydrogen-bond donors (Lipinski definition) is 1.